The van der Waals surface area contributed by atoms with Crippen LogP contribution in [0.3, 0.4) is 0 Å². The van der Waals surface area contributed by atoms with E-state index in [1.165, 1.54) is 4.88 Å². The van der Waals surface area contributed by atoms with Gasteiger partial charge < -0.3 is 10.5 Å². The summed E-state index contributed by atoms with van der Waals surface area (Å²) in [6.45, 7) is 0.349. The second-order valence-electron chi connectivity index (χ2n) is 2.12. The Labute approximate surface area is 82.6 Å². The third-order valence-corrected chi connectivity index (χ3v) is 2.91. The number of halogens is 1. The largest absolute Gasteiger partial charge is 0.449 e. The van der Waals surface area contributed by atoms with Gasteiger partial charge in [0.1, 0.15) is 0 Å². The fraction of sp³-hybridized carbons (Fsp3) is 0.286. The van der Waals surface area contributed by atoms with Crippen LogP contribution in [0.15, 0.2) is 15.9 Å². The summed E-state index contributed by atoms with van der Waals surface area (Å²) in [5.41, 5.74) is 4.79. The number of carbonyl (C=O) groups excluding carboxylic acids is 1. The van der Waals surface area contributed by atoms with E-state index in [0.29, 0.717) is 6.61 Å². The van der Waals surface area contributed by atoms with E-state index in [0.717, 1.165) is 10.2 Å². The van der Waals surface area contributed by atoms with Crippen molar-refractivity contribution in [1.29, 1.82) is 0 Å². The van der Waals surface area contributed by atoms with Crippen LogP contribution in [0.1, 0.15) is 4.88 Å². The van der Waals surface area contributed by atoms with E-state index in [-0.39, 0.29) is 0 Å². The first kappa shape index (κ1) is 9.54. The number of hydrogen-bond donors (Lipinski definition) is 1. The minimum atomic E-state index is -0.717. The Morgan fingerprint density at radius 1 is 1.67 bits per heavy atom. The van der Waals surface area contributed by atoms with Crippen molar-refractivity contribution in [2.45, 2.75) is 6.42 Å². The molecule has 0 atom stereocenters. The van der Waals surface area contributed by atoms with Gasteiger partial charge in [-0.25, -0.2) is 4.79 Å². The number of carbonyl (C=O) groups is 1. The molecule has 0 radical (unpaired) electrons. The van der Waals surface area contributed by atoms with Crippen LogP contribution in [0.5, 0.6) is 0 Å². The number of primary amides is 1. The summed E-state index contributed by atoms with van der Waals surface area (Å²) in [5.74, 6) is 0. The average Bonchev–Trinajstić information content (AvgIpc) is 2.35. The van der Waals surface area contributed by atoms with Gasteiger partial charge in [0.25, 0.3) is 0 Å². The highest BCUT2D eigenvalue weighted by Gasteiger charge is 1.98. The summed E-state index contributed by atoms with van der Waals surface area (Å²) < 4.78 is 5.67. The maximum atomic E-state index is 10.2. The van der Waals surface area contributed by atoms with Crippen molar-refractivity contribution >= 4 is 33.4 Å². The molecule has 12 heavy (non-hydrogen) atoms. The molecular formula is C7H8BrNO2S. The third kappa shape index (κ3) is 3.23. The van der Waals surface area contributed by atoms with Crippen LogP contribution >= 0.6 is 27.3 Å². The van der Waals surface area contributed by atoms with Crippen LogP contribution in [0.4, 0.5) is 4.79 Å². The number of thiophene rings is 1. The number of ether oxygens (including phenoxy) is 1. The molecule has 0 saturated heterocycles. The van der Waals surface area contributed by atoms with Crippen molar-refractivity contribution < 1.29 is 9.53 Å². The van der Waals surface area contributed by atoms with Crippen LogP contribution in [0, 0.1) is 0 Å². The Morgan fingerprint density at radius 2 is 2.42 bits per heavy atom. The molecule has 0 unspecified atom stereocenters. The number of hydrogen-bond acceptors (Lipinski definition) is 3. The highest BCUT2D eigenvalue weighted by atomic mass is 79.9. The molecular weight excluding hydrogens is 242 g/mol. The van der Waals surface area contributed by atoms with Gasteiger partial charge in [0.05, 0.1) is 10.4 Å². The molecule has 1 aromatic rings. The van der Waals surface area contributed by atoms with Crippen LogP contribution in [-0.4, -0.2) is 12.7 Å². The van der Waals surface area contributed by atoms with E-state index < -0.39 is 6.09 Å². The topological polar surface area (TPSA) is 52.3 Å². The van der Waals surface area contributed by atoms with Crippen molar-refractivity contribution in [1.82, 2.24) is 0 Å². The molecule has 0 aromatic carbocycles. The SMILES string of the molecule is NC(=O)OCCc1ccc(Br)s1. The first-order valence-electron chi connectivity index (χ1n) is 3.35. The number of rotatable bonds is 3. The Hall–Kier alpha value is -0.550. The second kappa shape index (κ2) is 4.47. The average molecular weight is 250 g/mol. The molecule has 66 valence electrons. The molecule has 1 rings (SSSR count). The van der Waals surface area contributed by atoms with Crippen molar-refractivity contribution in [2.75, 3.05) is 6.61 Å². The third-order valence-electron chi connectivity index (χ3n) is 1.22. The van der Waals surface area contributed by atoms with E-state index in [1.54, 1.807) is 11.3 Å². The van der Waals surface area contributed by atoms with Crippen molar-refractivity contribution in [3.05, 3.63) is 20.8 Å². The van der Waals surface area contributed by atoms with Crippen LogP contribution in [0.2, 0.25) is 0 Å². The number of amides is 1. The molecule has 1 heterocycles. The van der Waals surface area contributed by atoms with Gasteiger partial charge in [-0.1, -0.05) is 0 Å². The summed E-state index contributed by atoms with van der Waals surface area (Å²) in [6.07, 6.45) is 0.00442. The standard InChI is InChI=1S/C7H8BrNO2S/c8-6-2-1-5(12-6)3-4-11-7(9)10/h1-2H,3-4H2,(H2,9,10). The molecule has 0 aliphatic heterocycles. The molecule has 1 aromatic heterocycles. The van der Waals surface area contributed by atoms with E-state index in [9.17, 15) is 4.79 Å². The summed E-state index contributed by atoms with van der Waals surface area (Å²) in [7, 11) is 0. The molecule has 5 heteroatoms. The zero-order valence-electron chi connectivity index (χ0n) is 6.25. The lowest BCUT2D eigenvalue weighted by atomic mass is 10.4. The molecule has 1 amide bonds. The predicted molar refractivity (Wildman–Crippen MR) is 51.3 cm³/mol. The zero-order valence-corrected chi connectivity index (χ0v) is 8.65. The van der Waals surface area contributed by atoms with Gasteiger partial charge in [-0.2, -0.15) is 0 Å². The monoisotopic (exact) mass is 249 g/mol. The maximum Gasteiger partial charge on any atom is 0.404 e. The Bertz CT molecular complexity index is 274. The summed E-state index contributed by atoms with van der Waals surface area (Å²) in [5, 5.41) is 0. The van der Waals surface area contributed by atoms with Crippen LogP contribution < -0.4 is 5.73 Å². The summed E-state index contributed by atoms with van der Waals surface area (Å²) in [6, 6.07) is 3.95. The molecule has 0 aliphatic rings. The van der Waals surface area contributed by atoms with E-state index >= 15 is 0 Å². The molecule has 0 spiro atoms. The molecule has 2 N–H and O–H groups in total. The van der Waals surface area contributed by atoms with Crippen molar-refractivity contribution in [3.8, 4) is 0 Å². The molecule has 0 aliphatic carbocycles. The van der Waals surface area contributed by atoms with Gasteiger partial charge >= 0.3 is 6.09 Å². The quantitative estimate of drug-likeness (QED) is 0.893. The Morgan fingerprint density at radius 3 is 2.92 bits per heavy atom. The minimum absolute atomic E-state index is 0.349. The highest BCUT2D eigenvalue weighted by Crippen LogP contribution is 2.22. The predicted octanol–water partition coefficient (Wildman–Crippen LogP) is 2.15. The highest BCUT2D eigenvalue weighted by molar-refractivity contribution is 9.11. The van der Waals surface area contributed by atoms with Crippen LogP contribution in [-0.2, 0) is 11.2 Å². The first-order valence-corrected chi connectivity index (χ1v) is 4.96. The molecule has 0 saturated carbocycles. The lowest BCUT2D eigenvalue weighted by Crippen LogP contribution is -2.14. The smallest absolute Gasteiger partial charge is 0.404 e. The Kier molecular flexibility index (Phi) is 3.55. The summed E-state index contributed by atoms with van der Waals surface area (Å²) >= 11 is 4.96. The maximum absolute atomic E-state index is 10.2. The van der Waals surface area contributed by atoms with Crippen molar-refractivity contribution in [3.63, 3.8) is 0 Å². The van der Waals surface area contributed by atoms with E-state index in [2.05, 4.69) is 20.7 Å². The second-order valence-corrected chi connectivity index (χ2v) is 4.67. The summed E-state index contributed by atoms with van der Waals surface area (Å²) in [4.78, 5) is 11.4. The lowest BCUT2D eigenvalue weighted by molar-refractivity contribution is 0.158. The van der Waals surface area contributed by atoms with Gasteiger partial charge in [-0.05, 0) is 28.1 Å². The fourth-order valence-electron chi connectivity index (χ4n) is 0.738. The zero-order chi connectivity index (χ0) is 8.97. The van der Waals surface area contributed by atoms with Gasteiger partial charge in [-0.3, -0.25) is 0 Å². The van der Waals surface area contributed by atoms with E-state index in [1.807, 2.05) is 12.1 Å². The van der Waals surface area contributed by atoms with Gasteiger partial charge in [0, 0.05) is 11.3 Å². The molecule has 3 nitrogen and oxygen atoms in total. The van der Waals surface area contributed by atoms with Gasteiger partial charge in [0.2, 0.25) is 0 Å². The molecule has 0 fully saturated rings. The van der Waals surface area contributed by atoms with Crippen molar-refractivity contribution in [2.24, 2.45) is 5.73 Å². The minimum Gasteiger partial charge on any atom is -0.449 e. The lowest BCUT2D eigenvalue weighted by Gasteiger charge is -1.97. The van der Waals surface area contributed by atoms with Gasteiger partial charge in [0.15, 0.2) is 0 Å². The Balaban J connectivity index is 2.29. The normalized spacial score (nSPS) is 9.75. The first-order chi connectivity index (χ1) is 5.68. The fourth-order valence-corrected chi connectivity index (χ4v) is 2.20. The number of nitrogens with two attached hydrogens (primary N) is 1. The van der Waals surface area contributed by atoms with E-state index in [4.69, 9.17) is 5.73 Å². The molecule has 0 bridgehead atoms. The van der Waals surface area contributed by atoms with Gasteiger partial charge in [-0.15, -0.1) is 11.3 Å². The van der Waals surface area contributed by atoms with Crippen LogP contribution in [0.25, 0.3) is 0 Å².